The van der Waals surface area contributed by atoms with Gasteiger partial charge in [0.25, 0.3) is 0 Å². The molecule has 4 nitrogen and oxygen atoms in total. The zero-order valence-electron chi connectivity index (χ0n) is 13.7. The van der Waals surface area contributed by atoms with E-state index in [0.29, 0.717) is 10.6 Å². The van der Waals surface area contributed by atoms with Crippen molar-refractivity contribution in [1.82, 2.24) is 14.7 Å². The molecule has 0 unspecified atom stereocenters. The van der Waals surface area contributed by atoms with Crippen molar-refractivity contribution in [3.8, 4) is 5.69 Å². The predicted molar refractivity (Wildman–Crippen MR) is 95.2 cm³/mol. The van der Waals surface area contributed by atoms with Crippen LogP contribution in [-0.4, -0.2) is 27.6 Å². The molecule has 0 bridgehead atoms. The van der Waals surface area contributed by atoms with Gasteiger partial charge in [-0.15, -0.1) is 0 Å². The third-order valence-electron chi connectivity index (χ3n) is 3.89. The molecule has 1 heterocycles. The van der Waals surface area contributed by atoms with Crippen LogP contribution in [0, 0.1) is 5.82 Å². The molecule has 0 N–H and O–H groups in total. The molecule has 0 aliphatic heterocycles. The maximum Gasteiger partial charge on any atom is 0.227 e. The van der Waals surface area contributed by atoms with Crippen molar-refractivity contribution in [2.75, 3.05) is 7.05 Å². The molecule has 128 valence electrons. The van der Waals surface area contributed by atoms with Gasteiger partial charge < -0.3 is 4.90 Å². The van der Waals surface area contributed by atoms with Crippen LogP contribution in [0.2, 0.25) is 5.02 Å². The standard InChI is InChI=1S/C19H17ClFN3O/c1-23(13-16-17(20)8-5-9-18(16)21)19(25)10-14-11-22-24(12-14)15-6-3-2-4-7-15/h2-9,11-12H,10,13H2,1H3. The summed E-state index contributed by atoms with van der Waals surface area (Å²) in [5, 5.41) is 4.59. The monoisotopic (exact) mass is 357 g/mol. The van der Waals surface area contributed by atoms with Crippen molar-refractivity contribution in [2.45, 2.75) is 13.0 Å². The molecule has 0 spiro atoms. The summed E-state index contributed by atoms with van der Waals surface area (Å²) in [6.45, 7) is 0.122. The van der Waals surface area contributed by atoms with Crippen LogP contribution >= 0.6 is 11.6 Å². The number of rotatable bonds is 5. The number of nitrogens with zero attached hydrogens (tertiary/aromatic N) is 3. The number of aromatic nitrogens is 2. The SMILES string of the molecule is CN(Cc1c(F)cccc1Cl)C(=O)Cc1cnn(-c2ccccc2)c1. The average Bonchev–Trinajstić information content (AvgIpc) is 3.07. The van der Waals surface area contributed by atoms with E-state index in [-0.39, 0.29) is 18.9 Å². The fourth-order valence-electron chi connectivity index (χ4n) is 2.49. The summed E-state index contributed by atoms with van der Waals surface area (Å²) in [6.07, 6.45) is 3.67. The van der Waals surface area contributed by atoms with E-state index in [1.54, 1.807) is 30.1 Å². The summed E-state index contributed by atoms with van der Waals surface area (Å²) in [4.78, 5) is 13.9. The Kier molecular flexibility index (Phi) is 5.14. The first-order valence-electron chi connectivity index (χ1n) is 7.80. The van der Waals surface area contributed by atoms with Crippen LogP contribution in [0.1, 0.15) is 11.1 Å². The highest BCUT2D eigenvalue weighted by Gasteiger charge is 2.15. The number of likely N-dealkylation sites (N-methyl/N-ethyl adjacent to an activating group) is 1. The van der Waals surface area contributed by atoms with Crippen LogP contribution in [0.4, 0.5) is 4.39 Å². The van der Waals surface area contributed by atoms with E-state index in [0.717, 1.165) is 11.3 Å². The summed E-state index contributed by atoms with van der Waals surface area (Å²) in [5.41, 5.74) is 2.04. The Hall–Kier alpha value is -2.66. The topological polar surface area (TPSA) is 38.1 Å². The summed E-state index contributed by atoms with van der Waals surface area (Å²) in [5.74, 6) is -0.545. The maximum absolute atomic E-state index is 13.9. The Morgan fingerprint density at radius 2 is 1.96 bits per heavy atom. The number of amides is 1. The van der Waals surface area contributed by atoms with Gasteiger partial charge in [0.05, 0.1) is 18.3 Å². The summed E-state index contributed by atoms with van der Waals surface area (Å²) in [6, 6.07) is 14.1. The number of benzene rings is 2. The highest BCUT2D eigenvalue weighted by atomic mass is 35.5. The second-order valence-corrected chi connectivity index (χ2v) is 6.16. The Labute approximate surface area is 150 Å². The van der Waals surface area contributed by atoms with E-state index < -0.39 is 5.82 Å². The van der Waals surface area contributed by atoms with Gasteiger partial charge in [0, 0.05) is 30.4 Å². The van der Waals surface area contributed by atoms with Gasteiger partial charge in [-0.3, -0.25) is 4.79 Å². The number of carbonyl (C=O) groups excluding carboxylic acids is 1. The molecule has 0 radical (unpaired) electrons. The Balaban J connectivity index is 1.67. The van der Waals surface area contributed by atoms with E-state index in [1.807, 2.05) is 36.5 Å². The predicted octanol–water partition coefficient (Wildman–Crippen LogP) is 3.87. The first-order chi connectivity index (χ1) is 12.0. The van der Waals surface area contributed by atoms with Crippen molar-refractivity contribution >= 4 is 17.5 Å². The highest BCUT2D eigenvalue weighted by Crippen LogP contribution is 2.20. The molecular formula is C19H17ClFN3O. The van der Waals surface area contributed by atoms with E-state index in [9.17, 15) is 9.18 Å². The van der Waals surface area contributed by atoms with Gasteiger partial charge in [0.2, 0.25) is 5.91 Å². The minimum absolute atomic E-state index is 0.122. The van der Waals surface area contributed by atoms with Gasteiger partial charge in [-0.05, 0) is 29.8 Å². The first-order valence-corrected chi connectivity index (χ1v) is 8.18. The Morgan fingerprint density at radius 1 is 1.20 bits per heavy atom. The maximum atomic E-state index is 13.9. The lowest BCUT2D eigenvalue weighted by atomic mass is 10.2. The van der Waals surface area contributed by atoms with Gasteiger partial charge in [-0.2, -0.15) is 5.10 Å². The number of carbonyl (C=O) groups is 1. The molecular weight excluding hydrogens is 341 g/mol. The molecule has 0 saturated heterocycles. The molecule has 0 aliphatic carbocycles. The average molecular weight is 358 g/mol. The third-order valence-corrected chi connectivity index (χ3v) is 4.25. The molecule has 1 aromatic heterocycles. The number of para-hydroxylation sites is 1. The van der Waals surface area contributed by atoms with Crippen molar-refractivity contribution in [1.29, 1.82) is 0 Å². The number of hydrogen-bond donors (Lipinski definition) is 0. The molecule has 0 atom stereocenters. The number of hydrogen-bond acceptors (Lipinski definition) is 2. The molecule has 3 rings (SSSR count). The molecule has 3 aromatic rings. The first kappa shape index (κ1) is 17.2. The van der Waals surface area contributed by atoms with Crippen LogP contribution in [-0.2, 0) is 17.8 Å². The quantitative estimate of drug-likeness (QED) is 0.695. The van der Waals surface area contributed by atoms with Gasteiger partial charge in [-0.1, -0.05) is 35.9 Å². The van der Waals surface area contributed by atoms with Crippen molar-refractivity contribution in [2.24, 2.45) is 0 Å². The molecule has 25 heavy (non-hydrogen) atoms. The second-order valence-electron chi connectivity index (χ2n) is 5.76. The van der Waals surface area contributed by atoms with E-state index in [2.05, 4.69) is 5.10 Å². The zero-order chi connectivity index (χ0) is 17.8. The van der Waals surface area contributed by atoms with Crippen LogP contribution in [0.15, 0.2) is 60.9 Å². The van der Waals surface area contributed by atoms with E-state index in [4.69, 9.17) is 11.6 Å². The number of halogens is 2. The zero-order valence-corrected chi connectivity index (χ0v) is 14.4. The van der Waals surface area contributed by atoms with Crippen LogP contribution in [0.5, 0.6) is 0 Å². The van der Waals surface area contributed by atoms with Crippen molar-refractivity contribution < 1.29 is 9.18 Å². The van der Waals surface area contributed by atoms with Crippen LogP contribution in [0.3, 0.4) is 0 Å². The second kappa shape index (κ2) is 7.49. The van der Waals surface area contributed by atoms with Crippen LogP contribution in [0.25, 0.3) is 5.69 Å². The van der Waals surface area contributed by atoms with Gasteiger partial charge in [-0.25, -0.2) is 9.07 Å². The summed E-state index contributed by atoms with van der Waals surface area (Å²) in [7, 11) is 1.63. The van der Waals surface area contributed by atoms with Gasteiger partial charge >= 0.3 is 0 Å². The lowest BCUT2D eigenvalue weighted by molar-refractivity contribution is -0.129. The highest BCUT2D eigenvalue weighted by molar-refractivity contribution is 6.31. The fraction of sp³-hybridized carbons (Fsp3) is 0.158. The van der Waals surface area contributed by atoms with Crippen molar-refractivity contribution in [3.63, 3.8) is 0 Å². The Morgan fingerprint density at radius 3 is 2.68 bits per heavy atom. The van der Waals surface area contributed by atoms with E-state index >= 15 is 0 Å². The lowest BCUT2D eigenvalue weighted by Gasteiger charge is -2.18. The summed E-state index contributed by atoms with van der Waals surface area (Å²) >= 11 is 6.02. The molecule has 0 saturated carbocycles. The molecule has 0 aliphatic rings. The minimum atomic E-state index is -0.413. The Bertz CT molecular complexity index is 859. The van der Waals surface area contributed by atoms with E-state index in [1.165, 1.54) is 11.0 Å². The largest absolute Gasteiger partial charge is 0.341 e. The molecule has 6 heteroatoms. The van der Waals surface area contributed by atoms with Crippen molar-refractivity contribution in [3.05, 3.63) is 82.9 Å². The van der Waals surface area contributed by atoms with Gasteiger partial charge in [0.15, 0.2) is 0 Å². The van der Waals surface area contributed by atoms with Crippen LogP contribution < -0.4 is 0 Å². The van der Waals surface area contributed by atoms with Gasteiger partial charge in [0.1, 0.15) is 5.82 Å². The molecule has 2 aromatic carbocycles. The fourth-order valence-corrected chi connectivity index (χ4v) is 2.71. The normalized spacial score (nSPS) is 10.7. The third kappa shape index (κ3) is 4.06. The lowest BCUT2D eigenvalue weighted by Crippen LogP contribution is -2.28. The minimum Gasteiger partial charge on any atom is -0.341 e. The summed E-state index contributed by atoms with van der Waals surface area (Å²) < 4.78 is 15.6. The molecule has 0 fully saturated rings. The smallest absolute Gasteiger partial charge is 0.227 e. The molecule has 1 amide bonds.